The van der Waals surface area contributed by atoms with Gasteiger partial charge in [-0.1, -0.05) is 51.5 Å². The summed E-state index contributed by atoms with van der Waals surface area (Å²) in [4.78, 5) is 16.9. The number of nitrogens with zero attached hydrogens (tertiary/aromatic N) is 1. The highest BCUT2D eigenvalue weighted by atomic mass is 16.1. The minimum Gasteiger partial charge on any atom is -0.299 e. The summed E-state index contributed by atoms with van der Waals surface area (Å²) in [7, 11) is 0. The van der Waals surface area contributed by atoms with Gasteiger partial charge in [-0.2, -0.15) is 0 Å². The van der Waals surface area contributed by atoms with Crippen LogP contribution in [-0.4, -0.2) is 18.0 Å². The number of allylic oxidation sites excluding steroid dienone is 1. The van der Waals surface area contributed by atoms with Crippen LogP contribution in [0, 0.1) is 5.92 Å². The molecular weight excluding hydrogens is 282 g/mol. The molecule has 1 fully saturated rings. The first-order chi connectivity index (χ1) is 10.9. The van der Waals surface area contributed by atoms with Crippen molar-refractivity contribution in [2.45, 2.75) is 58.3 Å². The largest absolute Gasteiger partial charge is 0.299 e. The lowest BCUT2D eigenvalue weighted by atomic mass is 9.81. The monoisotopic (exact) mass is 309 g/mol. The van der Waals surface area contributed by atoms with E-state index in [1.807, 2.05) is 0 Å². The summed E-state index contributed by atoms with van der Waals surface area (Å²) >= 11 is 0. The lowest BCUT2D eigenvalue weighted by Gasteiger charge is -2.24. The fourth-order valence-electron chi connectivity index (χ4n) is 3.22. The standard InChI is InChI=1S/C21H27NO/c1-21(2,3)18-9-7-15(8-10-18)11-19(23)12-16-13-20(22-14-16)17-5-4-6-17/h7-10,13,17H,4-6,11-12,14H2,1-3H3. The molecule has 1 saturated carbocycles. The van der Waals surface area contributed by atoms with Crippen LogP contribution < -0.4 is 0 Å². The number of hydrogen-bond acceptors (Lipinski definition) is 2. The first-order valence-electron chi connectivity index (χ1n) is 8.77. The molecule has 2 heteroatoms. The van der Waals surface area contributed by atoms with Crippen molar-refractivity contribution in [1.82, 2.24) is 0 Å². The summed E-state index contributed by atoms with van der Waals surface area (Å²) in [5.41, 5.74) is 5.02. The van der Waals surface area contributed by atoms with Gasteiger partial charge in [-0.05, 0) is 41.0 Å². The predicted molar refractivity (Wildman–Crippen MR) is 96.2 cm³/mol. The zero-order chi connectivity index (χ0) is 16.4. The Bertz CT molecular complexity index is 639. The van der Waals surface area contributed by atoms with Gasteiger partial charge in [0.15, 0.2) is 0 Å². The van der Waals surface area contributed by atoms with Gasteiger partial charge in [0.2, 0.25) is 0 Å². The third-order valence-corrected chi connectivity index (χ3v) is 4.99. The number of rotatable bonds is 5. The molecule has 122 valence electrons. The molecule has 0 N–H and O–H groups in total. The first-order valence-corrected chi connectivity index (χ1v) is 8.77. The Hall–Kier alpha value is -1.70. The Morgan fingerprint density at radius 1 is 1.13 bits per heavy atom. The smallest absolute Gasteiger partial charge is 0.141 e. The molecular formula is C21H27NO. The number of hydrogen-bond donors (Lipinski definition) is 0. The van der Waals surface area contributed by atoms with Gasteiger partial charge in [-0.15, -0.1) is 0 Å². The van der Waals surface area contributed by atoms with Crippen LogP contribution in [0.2, 0.25) is 0 Å². The first kappa shape index (κ1) is 16.2. The van der Waals surface area contributed by atoms with E-state index in [0.29, 0.717) is 24.5 Å². The van der Waals surface area contributed by atoms with Crippen LogP contribution in [0.15, 0.2) is 40.9 Å². The summed E-state index contributed by atoms with van der Waals surface area (Å²) in [5, 5.41) is 0. The number of Topliss-reactive ketones (excluding diaryl/α,β-unsaturated/α-hetero) is 1. The Morgan fingerprint density at radius 2 is 1.83 bits per heavy atom. The zero-order valence-electron chi connectivity index (χ0n) is 14.6. The Balaban J connectivity index is 1.54. The molecule has 3 rings (SSSR count). The summed E-state index contributed by atoms with van der Waals surface area (Å²) in [6, 6.07) is 8.49. The molecule has 1 heterocycles. The van der Waals surface area contributed by atoms with Gasteiger partial charge in [0, 0.05) is 24.5 Å². The fraction of sp³-hybridized carbons (Fsp3) is 0.524. The van der Waals surface area contributed by atoms with Crippen molar-refractivity contribution in [1.29, 1.82) is 0 Å². The lowest BCUT2D eigenvalue weighted by Crippen LogP contribution is -2.19. The number of benzene rings is 1. The third-order valence-electron chi connectivity index (χ3n) is 4.99. The van der Waals surface area contributed by atoms with E-state index in [0.717, 1.165) is 12.1 Å². The Kier molecular flexibility index (Phi) is 4.52. The van der Waals surface area contributed by atoms with Crippen LogP contribution in [0.1, 0.15) is 57.6 Å². The van der Waals surface area contributed by atoms with Crippen molar-refractivity contribution in [3.05, 3.63) is 47.0 Å². The quantitative estimate of drug-likeness (QED) is 0.777. The van der Waals surface area contributed by atoms with Gasteiger partial charge in [0.1, 0.15) is 5.78 Å². The molecule has 2 aliphatic rings. The molecule has 0 bridgehead atoms. The van der Waals surface area contributed by atoms with E-state index < -0.39 is 0 Å². The number of aliphatic imine (C=N–C) groups is 1. The highest BCUT2D eigenvalue weighted by Gasteiger charge is 2.24. The van der Waals surface area contributed by atoms with Crippen LogP contribution in [0.5, 0.6) is 0 Å². The summed E-state index contributed by atoms with van der Waals surface area (Å²) in [6.45, 7) is 7.36. The van der Waals surface area contributed by atoms with E-state index in [4.69, 9.17) is 0 Å². The SMILES string of the molecule is CC(C)(C)c1ccc(CC(=O)CC2=CC(C3CCC3)=NC2)cc1. The minimum atomic E-state index is 0.159. The van der Waals surface area contributed by atoms with Crippen molar-refractivity contribution in [3.63, 3.8) is 0 Å². The summed E-state index contributed by atoms with van der Waals surface area (Å²) in [6.07, 6.45) is 7.15. The third kappa shape index (κ3) is 3.99. The van der Waals surface area contributed by atoms with E-state index >= 15 is 0 Å². The molecule has 2 nitrogen and oxygen atoms in total. The average molecular weight is 309 g/mol. The van der Waals surface area contributed by atoms with Gasteiger partial charge in [-0.3, -0.25) is 9.79 Å². The van der Waals surface area contributed by atoms with E-state index in [9.17, 15) is 4.79 Å². The maximum atomic E-state index is 12.3. The molecule has 0 aromatic heterocycles. The van der Waals surface area contributed by atoms with Crippen molar-refractivity contribution in [2.24, 2.45) is 10.9 Å². The normalized spacial score (nSPS) is 18.4. The molecule has 0 saturated heterocycles. The number of ketones is 1. The Labute approximate surface area is 139 Å². The van der Waals surface area contributed by atoms with Crippen molar-refractivity contribution < 1.29 is 4.79 Å². The van der Waals surface area contributed by atoms with E-state index in [-0.39, 0.29) is 5.41 Å². The van der Waals surface area contributed by atoms with Crippen molar-refractivity contribution in [2.75, 3.05) is 6.54 Å². The van der Waals surface area contributed by atoms with Crippen LogP contribution in [0.25, 0.3) is 0 Å². The van der Waals surface area contributed by atoms with Gasteiger partial charge in [0.05, 0.1) is 6.54 Å². The van der Waals surface area contributed by atoms with Gasteiger partial charge in [-0.25, -0.2) is 0 Å². The topological polar surface area (TPSA) is 29.4 Å². The molecule has 1 aliphatic heterocycles. The van der Waals surface area contributed by atoms with Crippen LogP contribution >= 0.6 is 0 Å². The zero-order valence-corrected chi connectivity index (χ0v) is 14.6. The van der Waals surface area contributed by atoms with E-state index in [1.165, 1.54) is 36.1 Å². The lowest BCUT2D eigenvalue weighted by molar-refractivity contribution is -0.117. The molecule has 23 heavy (non-hydrogen) atoms. The predicted octanol–water partition coefficient (Wildman–Crippen LogP) is 4.67. The molecule has 0 amide bonds. The molecule has 1 aromatic carbocycles. The van der Waals surface area contributed by atoms with Crippen molar-refractivity contribution >= 4 is 11.5 Å². The highest BCUT2D eigenvalue weighted by Crippen LogP contribution is 2.31. The van der Waals surface area contributed by atoms with Crippen molar-refractivity contribution in [3.8, 4) is 0 Å². The molecule has 0 atom stereocenters. The van der Waals surface area contributed by atoms with Gasteiger partial charge < -0.3 is 0 Å². The second-order valence-electron chi connectivity index (χ2n) is 8.01. The summed E-state index contributed by atoms with van der Waals surface area (Å²) < 4.78 is 0. The van der Waals surface area contributed by atoms with Crippen LogP contribution in [0.3, 0.4) is 0 Å². The van der Waals surface area contributed by atoms with Gasteiger partial charge >= 0.3 is 0 Å². The van der Waals surface area contributed by atoms with Crippen LogP contribution in [-0.2, 0) is 16.6 Å². The minimum absolute atomic E-state index is 0.159. The fourth-order valence-corrected chi connectivity index (χ4v) is 3.22. The molecule has 0 unspecified atom stereocenters. The van der Waals surface area contributed by atoms with Gasteiger partial charge in [0.25, 0.3) is 0 Å². The summed E-state index contributed by atoms with van der Waals surface area (Å²) in [5.74, 6) is 0.970. The molecule has 1 aliphatic carbocycles. The molecule has 0 spiro atoms. The number of carbonyl (C=O) groups is 1. The molecule has 1 aromatic rings. The number of carbonyl (C=O) groups excluding carboxylic acids is 1. The second kappa shape index (κ2) is 6.43. The maximum Gasteiger partial charge on any atom is 0.141 e. The van der Waals surface area contributed by atoms with E-state index in [2.05, 4.69) is 56.1 Å². The second-order valence-corrected chi connectivity index (χ2v) is 8.01. The average Bonchev–Trinajstić information content (AvgIpc) is 2.84. The van der Waals surface area contributed by atoms with E-state index in [1.54, 1.807) is 0 Å². The van der Waals surface area contributed by atoms with Crippen LogP contribution in [0.4, 0.5) is 0 Å². The maximum absolute atomic E-state index is 12.3. The Morgan fingerprint density at radius 3 is 2.39 bits per heavy atom. The highest BCUT2D eigenvalue weighted by molar-refractivity contribution is 6.00. The molecule has 0 radical (unpaired) electrons.